The van der Waals surface area contributed by atoms with Gasteiger partial charge in [-0.15, -0.1) is 0 Å². The lowest BCUT2D eigenvalue weighted by atomic mass is 10.0. The lowest BCUT2D eigenvalue weighted by molar-refractivity contribution is -0.116. The van der Waals surface area contributed by atoms with Crippen molar-refractivity contribution in [2.45, 2.75) is 32.6 Å². The molecule has 1 aliphatic rings. The number of hydrogen-bond donors (Lipinski definition) is 3. The number of aromatic nitrogens is 5. The topological polar surface area (TPSA) is 112 Å². The minimum atomic E-state index is -0.348. The highest BCUT2D eigenvalue weighted by molar-refractivity contribution is 6.01. The third-order valence-electron chi connectivity index (χ3n) is 8.24. The molecule has 7 rings (SSSR count). The van der Waals surface area contributed by atoms with E-state index in [1.807, 2.05) is 43.3 Å². The summed E-state index contributed by atoms with van der Waals surface area (Å²) in [7, 11) is 0. The van der Waals surface area contributed by atoms with Crippen molar-refractivity contribution < 1.29 is 13.9 Å². The first-order valence-electron chi connectivity index (χ1n) is 15.4. The molecule has 1 amide bonds. The molecule has 2 aromatic carbocycles. The predicted octanol–water partition coefficient (Wildman–Crippen LogP) is 7.19. The van der Waals surface area contributed by atoms with E-state index in [1.165, 1.54) is 25.0 Å². The molecule has 3 N–H and O–H groups in total. The Morgan fingerprint density at radius 3 is 2.76 bits per heavy atom. The minimum absolute atomic E-state index is 0.0321. The molecule has 0 aliphatic carbocycles. The smallest absolute Gasteiger partial charge is 0.224 e. The first kappa shape index (κ1) is 28.7. The van der Waals surface area contributed by atoms with Gasteiger partial charge in [0.05, 0.1) is 23.1 Å². The molecule has 0 radical (unpaired) electrons. The van der Waals surface area contributed by atoms with Crippen LogP contribution in [0.15, 0.2) is 73.2 Å². The summed E-state index contributed by atoms with van der Waals surface area (Å²) in [5.41, 5.74) is 7.12. The summed E-state index contributed by atoms with van der Waals surface area (Å²) < 4.78 is 20.8. The molecule has 5 heterocycles. The van der Waals surface area contributed by atoms with E-state index in [0.717, 1.165) is 76.0 Å². The molecule has 0 atom stereocenters. The molecule has 6 aromatic rings. The Morgan fingerprint density at radius 1 is 1.00 bits per heavy atom. The van der Waals surface area contributed by atoms with Gasteiger partial charge in [0.2, 0.25) is 5.91 Å². The molecule has 0 spiro atoms. The van der Waals surface area contributed by atoms with Gasteiger partial charge in [0, 0.05) is 47.8 Å². The van der Waals surface area contributed by atoms with Gasteiger partial charge in [-0.3, -0.25) is 19.8 Å². The van der Waals surface area contributed by atoms with Crippen LogP contribution in [0.4, 0.5) is 10.1 Å². The number of benzene rings is 2. The van der Waals surface area contributed by atoms with Crippen molar-refractivity contribution in [3.05, 3.63) is 79.0 Å². The molecule has 4 aromatic heterocycles. The number of ether oxygens (including phenoxy) is 1. The van der Waals surface area contributed by atoms with Crippen molar-refractivity contribution >= 4 is 33.5 Å². The van der Waals surface area contributed by atoms with Crippen molar-refractivity contribution in [3.8, 4) is 39.4 Å². The number of H-pyrrole nitrogens is 2. The number of likely N-dealkylation sites (tertiary alicyclic amines) is 1. The third-order valence-corrected chi connectivity index (χ3v) is 8.24. The molecule has 0 bridgehead atoms. The van der Waals surface area contributed by atoms with Crippen LogP contribution >= 0.6 is 0 Å². The first-order chi connectivity index (χ1) is 22.0. The van der Waals surface area contributed by atoms with Crippen LogP contribution in [-0.2, 0) is 4.79 Å². The Labute approximate surface area is 259 Å². The summed E-state index contributed by atoms with van der Waals surface area (Å²) in [6.45, 7) is 5.52. The Balaban J connectivity index is 1.19. The molecular formula is C35H34FN7O2. The maximum atomic E-state index is 14.8. The second-order valence-corrected chi connectivity index (χ2v) is 11.5. The fourth-order valence-electron chi connectivity index (χ4n) is 6.02. The second kappa shape index (κ2) is 12.5. The maximum absolute atomic E-state index is 14.8. The molecule has 45 heavy (non-hydrogen) atoms. The van der Waals surface area contributed by atoms with Crippen molar-refractivity contribution in [2.24, 2.45) is 0 Å². The molecule has 9 nitrogen and oxygen atoms in total. The van der Waals surface area contributed by atoms with Gasteiger partial charge in [-0.25, -0.2) is 9.37 Å². The molecule has 1 saturated heterocycles. The predicted molar refractivity (Wildman–Crippen MR) is 175 cm³/mol. The van der Waals surface area contributed by atoms with E-state index >= 15 is 0 Å². The monoisotopic (exact) mass is 603 g/mol. The highest BCUT2D eigenvalue weighted by atomic mass is 19.1. The van der Waals surface area contributed by atoms with E-state index in [4.69, 9.17) is 4.74 Å². The minimum Gasteiger partial charge on any atom is -0.492 e. The van der Waals surface area contributed by atoms with Gasteiger partial charge >= 0.3 is 0 Å². The fourth-order valence-corrected chi connectivity index (χ4v) is 6.02. The number of halogens is 1. The molecule has 228 valence electrons. The largest absolute Gasteiger partial charge is 0.492 e. The van der Waals surface area contributed by atoms with Crippen LogP contribution in [0.3, 0.4) is 0 Å². The van der Waals surface area contributed by atoms with Gasteiger partial charge in [-0.2, -0.15) is 5.10 Å². The molecule has 10 heteroatoms. The summed E-state index contributed by atoms with van der Waals surface area (Å²) in [4.78, 5) is 26.8. The standard InChI is InChI=1S/C35H34FN7O2/c1-2-5-33(44)39-26-15-24(20-37-21-26)22-6-7-31-30(17-22)34(42-41-31)32-19-29-28(8-9-38-35(29)40-32)23-14-25(36)18-27(16-23)45-13-12-43-10-3-4-11-43/h6-9,14-21H,2-5,10-13H2,1H3,(H,38,40)(H,39,44)(H,41,42). The molecule has 0 unspecified atom stereocenters. The van der Waals surface area contributed by atoms with Gasteiger partial charge in [0.15, 0.2) is 0 Å². The number of rotatable bonds is 10. The van der Waals surface area contributed by atoms with Gasteiger partial charge in [-0.1, -0.05) is 13.0 Å². The van der Waals surface area contributed by atoms with Crippen LogP contribution in [0.25, 0.3) is 55.6 Å². The third kappa shape index (κ3) is 6.14. The highest BCUT2D eigenvalue weighted by Gasteiger charge is 2.17. The molecule has 1 fully saturated rings. The zero-order valence-electron chi connectivity index (χ0n) is 25.1. The van der Waals surface area contributed by atoms with E-state index in [1.54, 1.807) is 18.6 Å². The fraction of sp³-hybridized carbons (Fsp3) is 0.257. The van der Waals surface area contributed by atoms with E-state index < -0.39 is 0 Å². The van der Waals surface area contributed by atoms with Gasteiger partial charge in [0.1, 0.15) is 29.5 Å². The lowest BCUT2D eigenvalue weighted by Crippen LogP contribution is -2.25. The number of nitrogens with zero attached hydrogens (tertiary/aromatic N) is 4. The number of carbonyl (C=O) groups excluding carboxylic acids is 1. The average molecular weight is 604 g/mol. The Morgan fingerprint density at radius 2 is 1.89 bits per heavy atom. The molecule has 0 saturated carbocycles. The van der Waals surface area contributed by atoms with Crippen LogP contribution in [-0.4, -0.2) is 62.2 Å². The number of carbonyl (C=O) groups is 1. The number of nitrogens with one attached hydrogen (secondary N) is 3. The quantitative estimate of drug-likeness (QED) is 0.153. The van der Waals surface area contributed by atoms with E-state index in [-0.39, 0.29) is 11.7 Å². The van der Waals surface area contributed by atoms with Crippen molar-refractivity contribution in [3.63, 3.8) is 0 Å². The highest BCUT2D eigenvalue weighted by Crippen LogP contribution is 2.36. The summed E-state index contributed by atoms with van der Waals surface area (Å²) in [6, 6.07) is 16.7. The Hall–Kier alpha value is -5.09. The van der Waals surface area contributed by atoms with Crippen LogP contribution in [0.5, 0.6) is 5.75 Å². The van der Waals surface area contributed by atoms with Crippen LogP contribution < -0.4 is 10.1 Å². The van der Waals surface area contributed by atoms with Crippen molar-refractivity contribution in [1.29, 1.82) is 0 Å². The van der Waals surface area contributed by atoms with Gasteiger partial charge in [-0.05, 0) is 91.5 Å². The number of amides is 1. The van der Waals surface area contributed by atoms with Crippen LogP contribution in [0, 0.1) is 5.82 Å². The number of pyridine rings is 2. The number of aromatic amines is 2. The lowest BCUT2D eigenvalue weighted by Gasteiger charge is -2.15. The second-order valence-electron chi connectivity index (χ2n) is 11.5. The summed E-state index contributed by atoms with van der Waals surface area (Å²) in [5, 5.41) is 12.4. The first-order valence-corrected chi connectivity index (χ1v) is 15.4. The zero-order chi connectivity index (χ0) is 30.8. The van der Waals surface area contributed by atoms with Crippen molar-refractivity contribution in [1.82, 2.24) is 30.0 Å². The maximum Gasteiger partial charge on any atom is 0.224 e. The Kier molecular flexibility index (Phi) is 7.96. The number of fused-ring (bicyclic) bond motifs is 2. The van der Waals surface area contributed by atoms with Crippen molar-refractivity contribution in [2.75, 3.05) is 31.6 Å². The summed E-state index contributed by atoms with van der Waals surface area (Å²) >= 11 is 0. The summed E-state index contributed by atoms with van der Waals surface area (Å²) in [6.07, 6.45) is 8.83. The van der Waals surface area contributed by atoms with Gasteiger partial charge < -0.3 is 15.0 Å². The van der Waals surface area contributed by atoms with E-state index in [9.17, 15) is 9.18 Å². The average Bonchev–Trinajstić information content (AvgIpc) is 3.80. The Bertz CT molecular complexity index is 1990. The SMILES string of the molecule is CCCC(=O)Nc1cncc(-c2ccc3[nH]nc(-c4cc5c(-c6cc(F)cc(OCCN7CCCC7)c6)ccnc5[nH]4)c3c2)c1. The normalized spacial score (nSPS) is 13.6. The molecule has 1 aliphatic heterocycles. The summed E-state index contributed by atoms with van der Waals surface area (Å²) in [5.74, 6) is 0.133. The number of hydrogen-bond acceptors (Lipinski definition) is 6. The number of anilines is 1. The molecular weight excluding hydrogens is 569 g/mol. The van der Waals surface area contributed by atoms with Crippen LogP contribution in [0.2, 0.25) is 0 Å². The van der Waals surface area contributed by atoms with Gasteiger partial charge in [0.25, 0.3) is 0 Å². The van der Waals surface area contributed by atoms with E-state index in [0.29, 0.717) is 30.1 Å². The van der Waals surface area contributed by atoms with Crippen LogP contribution in [0.1, 0.15) is 32.6 Å². The van der Waals surface area contributed by atoms with E-state index in [2.05, 4.69) is 41.4 Å². The zero-order valence-corrected chi connectivity index (χ0v) is 25.1.